The van der Waals surface area contributed by atoms with Crippen molar-refractivity contribution in [3.8, 4) is 0 Å². The molecule has 0 radical (unpaired) electrons. The third-order valence-corrected chi connectivity index (χ3v) is 3.71. The first kappa shape index (κ1) is 10.1. The van der Waals surface area contributed by atoms with Crippen LogP contribution >= 0.6 is 11.3 Å². The number of fused-ring (bicyclic) bond motifs is 1. The van der Waals surface area contributed by atoms with Crippen LogP contribution in [-0.2, 0) is 6.42 Å². The van der Waals surface area contributed by atoms with Gasteiger partial charge in [-0.2, -0.15) is 0 Å². The van der Waals surface area contributed by atoms with Gasteiger partial charge in [0.25, 0.3) is 0 Å². The summed E-state index contributed by atoms with van der Waals surface area (Å²) >= 11 is 1.86. The molecule has 2 atom stereocenters. The van der Waals surface area contributed by atoms with Crippen molar-refractivity contribution in [2.24, 2.45) is 0 Å². The average molecular weight is 211 g/mol. The Balaban J connectivity index is 2.01. The van der Waals surface area contributed by atoms with E-state index >= 15 is 0 Å². The molecule has 1 aliphatic rings. The number of aliphatic hydroxyl groups excluding tert-OH is 1. The minimum absolute atomic E-state index is 0.251. The SMILES string of the molecule is C[C@@H](O)CNC1CCCc2sccc21. The Kier molecular flexibility index (Phi) is 3.21. The number of hydrogen-bond donors (Lipinski definition) is 2. The van der Waals surface area contributed by atoms with Gasteiger partial charge in [-0.3, -0.25) is 0 Å². The summed E-state index contributed by atoms with van der Waals surface area (Å²) in [6.07, 6.45) is 3.46. The van der Waals surface area contributed by atoms with Gasteiger partial charge >= 0.3 is 0 Å². The van der Waals surface area contributed by atoms with Crippen molar-refractivity contribution in [1.29, 1.82) is 0 Å². The Bertz CT molecular complexity index is 295. The molecule has 3 heteroatoms. The molecular formula is C11H17NOS. The van der Waals surface area contributed by atoms with Gasteiger partial charge in [0.15, 0.2) is 0 Å². The maximum atomic E-state index is 9.22. The van der Waals surface area contributed by atoms with Crippen molar-refractivity contribution in [3.05, 3.63) is 21.9 Å². The zero-order valence-electron chi connectivity index (χ0n) is 8.49. The number of thiophene rings is 1. The zero-order chi connectivity index (χ0) is 9.97. The Morgan fingerprint density at radius 2 is 2.57 bits per heavy atom. The molecule has 0 spiro atoms. The summed E-state index contributed by atoms with van der Waals surface area (Å²) in [5.74, 6) is 0. The molecule has 2 nitrogen and oxygen atoms in total. The molecule has 1 aliphatic carbocycles. The van der Waals surface area contributed by atoms with Gasteiger partial charge in [0, 0.05) is 17.5 Å². The normalized spacial score (nSPS) is 23.1. The highest BCUT2D eigenvalue weighted by molar-refractivity contribution is 7.10. The van der Waals surface area contributed by atoms with E-state index in [-0.39, 0.29) is 6.10 Å². The van der Waals surface area contributed by atoms with E-state index in [9.17, 15) is 5.11 Å². The largest absolute Gasteiger partial charge is 0.392 e. The smallest absolute Gasteiger partial charge is 0.0636 e. The van der Waals surface area contributed by atoms with Crippen molar-refractivity contribution in [2.45, 2.75) is 38.3 Å². The maximum absolute atomic E-state index is 9.22. The lowest BCUT2D eigenvalue weighted by atomic mass is 9.94. The van der Waals surface area contributed by atoms with Gasteiger partial charge in [0.2, 0.25) is 0 Å². The van der Waals surface area contributed by atoms with Gasteiger partial charge in [-0.25, -0.2) is 0 Å². The van der Waals surface area contributed by atoms with E-state index in [0.29, 0.717) is 12.6 Å². The molecule has 1 aromatic rings. The van der Waals surface area contributed by atoms with Crippen LogP contribution in [0.5, 0.6) is 0 Å². The van der Waals surface area contributed by atoms with Crippen LogP contribution in [0.15, 0.2) is 11.4 Å². The van der Waals surface area contributed by atoms with Crippen LogP contribution in [0, 0.1) is 0 Å². The second-order valence-electron chi connectivity index (χ2n) is 4.00. The second-order valence-corrected chi connectivity index (χ2v) is 5.00. The van der Waals surface area contributed by atoms with Crippen LogP contribution in [0.3, 0.4) is 0 Å². The number of aryl methyl sites for hydroxylation is 1. The first-order valence-electron chi connectivity index (χ1n) is 5.25. The molecule has 1 unspecified atom stereocenters. The Labute approximate surface area is 89.0 Å². The first-order chi connectivity index (χ1) is 6.77. The second kappa shape index (κ2) is 4.43. The van der Waals surface area contributed by atoms with Crippen molar-refractivity contribution in [1.82, 2.24) is 5.32 Å². The number of aliphatic hydroxyl groups is 1. The van der Waals surface area contributed by atoms with E-state index in [1.807, 2.05) is 18.3 Å². The maximum Gasteiger partial charge on any atom is 0.0636 e. The summed E-state index contributed by atoms with van der Waals surface area (Å²) in [4.78, 5) is 1.53. The summed E-state index contributed by atoms with van der Waals surface area (Å²) in [5, 5.41) is 14.8. The molecular weight excluding hydrogens is 194 g/mol. The topological polar surface area (TPSA) is 32.3 Å². The van der Waals surface area contributed by atoms with E-state index in [1.165, 1.54) is 29.7 Å². The van der Waals surface area contributed by atoms with E-state index in [4.69, 9.17) is 0 Å². The van der Waals surface area contributed by atoms with Crippen LogP contribution in [-0.4, -0.2) is 17.8 Å². The fourth-order valence-corrected chi connectivity index (χ4v) is 3.00. The zero-order valence-corrected chi connectivity index (χ0v) is 9.31. The van der Waals surface area contributed by atoms with E-state index in [2.05, 4.69) is 16.8 Å². The molecule has 2 rings (SSSR count). The minimum Gasteiger partial charge on any atom is -0.392 e. The Morgan fingerprint density at radius 1 is 1.71 bits per heavy atom. The van der Waals surface area contributed by atoms with Gasteiger partial charge < -0.3 is 10.4 Å². The summed E-state index contributed by atoms with van der Waals surface area (Å²) in [5.41, 5.74) is 1.46. The van der Waals surface area contributed by atoms with Crippen molar-refractivity contribution in [3.63, 3.8) is 0 Å². The molecule has 2 N–H and O–H groups in total. The van der Waals surface area contributed by atoms with Gasteiger partial charge in [0.1, 0.15) is 0 Å². The quantitative estimate of drug-likeness (QED) is 0.802. The molecule has 0 saturated carbocycles. The summed E-state index contributed by atoms with van der Waals surface area (Å²) in [7, 11) is 0. The van der Waals surface area contributed by atoms with Crippen LogP contribution in [0.2, 0.25) is 0 Å². The van der Waals surface area contributed by atoms with Crippen molar-refractivity contribution in [2.75, 3.05) is 6.54 Å². The molecule has 0 bridgehead atoms. The average Bonchev–Trinajstić information content (AvgIpc) is 2.62. The monoisotopic (exact) mass is 211 g/mol. The molecule has 14 heavy (non-hydrogen) atoms. The van der Waals surface area contributed by atoms with Gasteiger partial charge in [-0.1, -0.05) is 0 Å². The molecule has 0 fully saturated rings. The molecule has 0 aromatic carbocycles. The fraction of sp³-hybridized carbons (Fsp3) is 0.636. The summed E-state index contributed by atoms with van der Waals surface area (Å²) in [6, 6.07) is 2.69. The van der Waals surface area contributed by atoms with Crippen LogP contribution in [0.4, 0.5) is 0 Å². The van der Waals surface area contributed by atoms with Gasteiger partial charge in [-0.05, 0) is 43.2 Å². The van der Waals surface area contributed by atoms with Crippen molar-refractivity contribution >= 4 is 11.3 Å². The number of nitrogens with one attached hydrogen (secondary N) is 1. The van der Waals surface area contributed by atoms with Crippen molar-refractivity contribution < 1.29 is 5.11 Å². The number of hydrogen-bond acceptors (Lipinski definition) is 3. The summed E-state index contributed by atoms with van der Waals surface area (Å²) in [6.45, 7) is 2.52. The predicted octanol–water partition coefficient (Wildman–Crippen LogP) is 2.10. The Hall–Kier alpha value is -0.380. The molecule has 0 saturated heterocycles. The highest BCUT2D eigenvalue weighted by atomic mass is 32.1. The summed E-state index contributed by atoms with van der Waals surface area (Å²) < 4.78 is 0. The molecule has 1 heterocycles. The standard InChI is InChI=1S/C11H17NOS/c1-8(13)7-12-10-3-2-4-11-9(10)5-6-14-11/h5-6,8,10,12-13H,2-4,7H2,1H3/t8-,10?/m1/s1. The Morgan fingerprint density at radius 3 is 3.36 bits per heavy atom. The lowest BCUT2D eigenvalue weighted by Crippen LogP contribution is -2.30. The lowest BCUT2D eigenvalue weighted by Gasteiger charge is -2.24. The van der Waals surface area contributed by atoms with E-state index in [0.717, 1.165) is 0 Å². The third-order valence-electron chi connectivity index (χ3n) is 2.71. The van der Waals surface area contributed by atoms with Crippen LogP contribution < -0.4 is 5.32 Å². The minimum atomic E-state index is -0.251. The van der Waals surface area contributed by atoms with Gasteiger partial charge in [0.05, 0.1) is 6.10 Å². The molecule has 0 amide bonds. The van der Waals surface area contributed by atoms with Crippen LogP contribution in [0.25, 0.3) is 0 Å². The third kappa shape index (κ3) is 2.16. The number of rotatable bonds is 3. The first-order valence-corrected chi connectivity index (χ1v) is 6.13. The van der Waals surface area contributed by atoms with Crippen LogP contribution in [0.1, 0.15) is 36.2 Å². The predicted molar refractivity (Wildman–Crippen MR) is 59.7 cm³/mol. The highest BCUT2D eigenvalue weighted by Crippen LogP contribution is 2.32. The van der Waals surface area contributed by atoms with E-state index in [1.54, 1.807) is 0 Å². The highest BCUT2D eigenvalue weighted by Gasteiger charge is 2.20. The molecule has 1 aromatic heterocycles. The molecule has 0 aliphatic heterocycles. The van der Waals surface area contributed by atoms with Gasteiger partial charge in [-0.15, -0.1) is 11.3 Å². The fourth-order valence-electron chi connectivity index (χ4n) is 2.01. The lowest BCUT2D eigenvalue weighted by molar-refractivity contribution is 0.184. The molecule has 78 valence electrons. The van der Waals surface area contributed by atoms with E-state index < -0.39 is 0 Å².